The number of nitrogens with zero attached hydrogens (tertiary/aromatic N) is 1. The quantitative estimate of drug-likeness (QED) is 0.523. The molecule has 0 bridgehead atoms. The Morgan fingerprint density at radius 2 is 1.67 bits per heavy atom. The largest absolute Gasteiger partial charge is 0.335 e. The lowest BCUT2D eigenvalue weighted by Gasteiger charge is -2.36. The molecule has 3 nitrogen and oxygen atoms in total. The number of nitrogens with one attached hydrogen (secondary N) is 1. The standard InChI is InChI=1S/C30H34N2O/c1-21-8-6-13-26(22(21)2)20-32(27-14-15-27)30(33)29-19-31-17-16-28(29)25-12-7-11-24(18-25)23-9-4-3-5-10-23/h3-13,18,27-29,31H,14-17,19-20H2,1-2H3/t28-,29+/m1/s1. The molecule has 1 aliphatic heterocycles. The van der Waals surface area contributed by atoms with Crippen LogP contribution in [0.15, 0.2) is 72.8 Å². The maximum Gasteiger partial charge on any atom is 0.228 e. The van der Waals surface area contributed by atoms with Gasteiger partial charge in [-0.25, -0.2) is 0 Å². The van der Waals surface area contributed by atoms with E-state index < -0.39 is 0 Å². The number of hydrogen-bond acceptors (Lipinski definition) is 2. The average molecular weight is 439 g/mol. The van der Waals surface area contributed by atoms with Crippen LogP contribution in [0.25, 0.3) is 11.1 Å². The van der Waals surface area contributed by atoms with Crippen LogP contribution in [0.4, 0.5) is 0 Å². The lowest BCUT2D eigenvalue weighted by Crippen LogP contribution is -2.47. The number of piperidine rings is 1. The molecule has 33 heavy (non-hydrogen) atoms. The highest BCUT2D eigenvalue weighted by atomic mass is 16.2. The smallest absolute Gasteiger partial charge is 0.228 e. The second kappa shape index (κ2) is 9.52. The van der Waals surface area contributed by atoms with Crippen LogP contribution in [-0.4, -0.2) is 29.9 Å². The molecule has 1 saturated heterocycles. The molecule has 170 valence electrons. The Balaban J connectivity index is 1.42. The second-order valence-electron chi connectivity index (χ2n) is 9.75. The van der Waals surface area contributed by atoms with Crippen LogP contribution in [-0.2, 0) is 11.3 Å². The zero-order chi connectivity index (χ0) is 22.8. The normalized spacial score (nSPS) is 20.4. The van der Waals surface area contributed by atoms with Crippen molar-refractivity contribution in [1.82, 2.24) is 10.2 Å². The Hall–Kier alpha value is -2.91. The topological polar surface area (TPSA) is 32.3 Å². The lowest BCUT2D eigenvalue weighted by molar-refractivity contribution is -0.138. The van der Waals surface area contributed by atoms with E-state index in [9.17, 15) is 4.79 Å². The van der Waals surface area contributed by atoms with Gasteiger partial charge >= 0.3 is 0 Å². The molecule has 1 amide bonds. The Bertz CT molecular complexity index is 1120. The van der Waals surface area contributed by atoms with Crippen molar-refractivity contribution in [3.8, 4) is 11.1 Å². The first-order valence-electron chi connectivity index (χ1n) is 12.3. The van der Waals surface area contributed by atoms with E-state index in [0.29, 0.717) is 11.9 Å². The van der Waals surface area contributed by atoms with Crippen molar-refractivity contribution in [3.05, 3.63) is 95.1 Å². The van der Waals surface area contributed by atoms with Crippen LogP contribution >= 0.6 is 0 Å². The number of hydrogen-bond donors (Lipinski definition) is 1. The molecule has 3 aromatic carbocycles. The summed E-state index contributed by atoms with van der Waals surface area (Å²) in [5.41, 5.74) is 7.63. The van der Waals surface area contributed by atoms with Gasteiger partial charge in [0.15, 0.2) is 0 Å². The summed E-state index contributed by atoms with van der Waals surface area (Å²) in [6.45, 7) is 6.78. The monoisotopic (exact) mass is 438 g/mol. The van der Waals surface area contributed by atoms with Crippen LogP contribution in [0.3, 0.4) is 0 Å². The second-order valence-corrected chi connectivity index (χ2v) is 9.75. The van der Waals surface area contributed by atoms with Gasteiger partial charge < -0.3 is 10.2 Å². The van der Waals surface area contributed by atoms with Crippen LogP contribution < -0.4 is 5.32 Å². The molecular weight excluding hydrogens is 404 g/mol. The number of amides is 1. The Kier molecular flexibility index (Phi) is 6.32. The van der Waals surface area contributed by atoms with Crippen molar-refractivity contribution in [2.24, 2.45) is 5.92 Å². The van der Waals surface area contributed by atoms with Crippen LogP contribution in [0.2, 0.25) is 0 Å². The number of carbonyl (C=O) groups is 1. The van der Waals surface area contributed by atoms with Crippen molar-refractivity contribution in [3.63, 3.8) is 0 Å². The summed E-state index contributed by atoms with van der Waals surface area (Å²) >= 11 is 0. The molecule has 0 spiro atoms. The molecule has 1 N–H and O–H groups in total. The van der Waals surface area contributed by atoms with Gasteiger partial charge in [0, 0.05) is 19.1 Å². The number of rotatable bonds is 6. The van der Waals surface area contributed by atoms with Gasteiger partial charge in [0.1, 0.15) is 0 Å². The van der Waals surface area contributed by atoms with Crippen LogP contribution in [0, 0.1) is 19.8 Å². The summed E-state index contributed by atoms with van der Waals surface area (Å²) in [5, 5.41) is 3.51. The number of aryl methyl sites for hydroxylation is 1. The van der Waals surface area contributed by atoms with E-state index in [1.54, 1.807) is 0 Å². The van der Waals surface area contributed by atoms with Gasteiger partial charge in [-0.3, -0.25) is 4.79 Å². The molecule has 3 aromatic rings. The average Bonchev–Trinajstić information content (AvgIpc) is 3.70. The molecular formula is C30H34N2O. The van der Waals surface area contributed by atoms with Crippen LogP contribution in [0.5, 0.6) is 0 Å². The van der Waals surface area contributed by atoms with E-state index in [1.165, 1.54) is 33.4 Å². The Morgan fingerprint density at radius 1 is 0.909 bits per heavy atom. The number of carbonyl (C=O) groups excluding carboxylic acids is 1. The van der Waals surface area contributed by atoms with E-state index in [0.717, 1.165) is 38.9 Å². The van der Waals surface area contributed by atoms with Crippen molar-refractivity contribution >= 4 is 5.91 Å². The van der Waals surface area contributed by atoms with Gasteiger partial charge in [-0.2, -0.15) is 0 Å². The van der Waals surface area contributed by atoms with E-state index in [4.69, 9.17) is 0 Å². The van der Waals surface area contributed by atoms with E-state index in [2.05, 4.69) is 96.9 Å². The summed E-state index contributed by atoms with van der Waals surface area (Å²) in [6.07, 6.45) is 3.26. The van der Waals surface area contributed by atoms with Gasteiger partial charge in [-0.05, 0) is 79.0 Å². The minimum absolute atomic E-state index is 0.0181. The fraction of sp³-hybridized carbons (Fsp3) is 0.367. The van der Waals surface area contributed by atoms with Crippen molar-refractivity contribution < 1.29 is 4.79 Å². The molecule has 1 heterocycles. The van der Waals surface area contributed by atoms with Gasteiger partial charge in [0.2, 0.25) is 5.91 Å². The maximum absolute atomic E-state index is 14.0. The minimum atomic E-state index is -0.0181. The molecule has 5 rings (SSSR count). The maximum atomic E-state index is 14.0. The van der Waals surface area contributed by atoms with E-state index >= 15 is 0 Å². The van der Waals surface area contributed by atoms with Crippen molar-refractivity contribution in [1.29, 1.82) is 0 Å². The highest BCUT2D eigenvalue weighted by molar-refractivity contribution is 5.81. The zero-order valence-electron chi connectivity index (χ0n) is 19.8. The fourth-order valence-corrected chi connectivity index (χ4v) is 5.25. The SMILES string of the molecule is Cc1cccc(CN(C(=O)[C@H]2CNCC[C@@H]2c2cccc(-c3ccccc3)c2)C2CC2)c1C. The molecule has 1 aliphatic carbocycles. The van der Waals surface area contributed by atoms with Crippen LogP contribution in [0.1, 0.15) is 47.4 Å². The third kappa shape index (κ3) is 4.74. The molecule has 2 aliphatic rings. The molecule has 0 radical (unpaired) electrons. The van der Waals surface area contributed by atoms with Gasteiger partial charge in [-0.15, -0.1) is 0 Å². The predicted molar refractivity (Wildman–Crippen MR) is 135 cm³/mol. The third-order valence-electron chi connectivity index (χ3n) is 7.55. The van der Waals surface area contributed by atoms with Gasteiger partial charge in [0.05, 0.1) is 5.92 Å². The lowest BCUT2D eigenvalue weighted by atomic mass is 9.79. The Labute approximate surface area is 197 Å². The Morgan fingerprint density at radius 3 is 2.45 bits per heavy atom. The summed E-state index contributed by atoms with van der Waals surface area (Å²) in [4.78, 5) is 16.2. The third-order valence-corrected chi connectivity index (χ3v) is 7.55. The molecule has 0 aromatic heterocycles. The van der Waals surface area contributed by atoms with Crippen molar-refractivity contribution in [2.45, 2.75) is 51.6 Å². The summed E-state index contributed by atoms with van der Waals surface area (Å²) in [5.74, 6) is 0.554. The zero-order valence-corrected chi connectivity index (χ0v) is 19.8. The fourth-order valence-electron chi connectivity index (χ4n) is 5.25. The van der Waals surface area contributed by atoms with E-state index in [-0.39, 0.29) is 11.8 Å². The minimum Gasteiger partial charge on any atom is -0.335 e. The molecule has 0 unspecified atom stereocenters. The number of benzene rings is 3. The first kappa shape index (κ1) is 21.9. The van der Waals surface area contributed by atoms with E-state index in [1.807, 2.05) is 0 Å². The first-order valence-corrected chi connectivity index (χ1v) is 12.3. The summed E-state index contributed by atoms with van der Waals surface area (Å²) < 4.78 is 0. The predicted octanol–water partition coefficient (Wildman–Crippen LogP) is 5.85. The van der Waals surface area contributed by atoms with Crippen molar-refractivity contribution in [2.75, 3.05) is 13.1 Å². The molecule has 3 heteroatoms. The molecule has 1 saturated carbocycles. The van der Waals surface area contributed by atoms with Gasteiger partial charge in [0.25, 0.3) is 0 Å². The highest BCUT2D eigenvalue weighted by Gasteiger charge is 2.40. The first-order chi connectivity index (χ1) is 16.1. The highest BCUT2D eigenvalue weighted by Crippen LogP contribution is 2.37. The molecule has 2 fully saturated rings. The molecule has 2 atom stereocenters. The van der Waals surface area contributed by atoms with Gasteiger partial charge in [-0.1, -0.05) is 72.8 Å². The summed E-state index contributed by atoms with van der Waals surface area (Å²) in [6, 6.07) is 26.2. The summed E-state index contributed by atoms with van der Waals surface area (Å²) in [7, 11) is 0.